The van der Waals surface area contributed by atoms with E-state index in [1.54, 1.807) is 0 Å². The zero-order valence-corrected chi connectivity index (χ0v) is 9.28. The van der Waals surface area contributed by atoms with E-state index in [0.717, 1.165) is 0 Å². The van der Waals surface area contributed by atoms with Gasteiger partial charge in [0.15, 0.2) is 0 Å². The summed E-state index contributed by atoms with van der Waals surface area (Å²) in [4.78, 5) is 15.0. The number of hydrogen-bond donors (Lipinski definition) is 1. The van der Waals surface area contributed by atoms with Crippen LogP contribution in [0.5, 0.6) is 0 Å². The first kappa shape index (κ1) is 11.5. The third-order valence-corrected chi connectivity index (χ3v) is 2.42. The molecule has 1 aromatic heterocycles. The smallest absolute Gasteiger partial charge is 0.337 e. The van der Waals surface area contributed by atoms with Gasteiger partial charge in [-0.1, -0.05) is 11.6 Å². The number of benzene rings is 1. The van der Waals surface area contributed by atoms with E-state index in [9.17, 15) is 9.18 Å². The lowest BCUT2D eigenvalue weighted by Crippen LogP contribution is -2.01. The van der Waals surface area contributed by atoms with Crippen LogP contribution in [0.25, 0.3) is 11.3 Å². The minimum absolute atomic E-state index is 0.0287. The number of rotatable bonds is 2. The van der Waals surface area contributed by atoms with Gasteiger partial charge < -0.3 is 5.11 Å². The van der Waals surface area contributed by atoms with Gasteiger partial charge >= 0.3 is 5.97 Å². The quantitative estimate of drug-likeness (QED) is 0.834. The van der Waals surface area contributed by atoms with Crippen LogP contribution < -0.4 is 0 Å². The first-order chi connectivity index (χ1) is 8.08. The second-order valence-electron chi connectivity index (χ2n) is 3.34. The molecule has 5 heteroatoms. The molecule has 0 unspecified atom stereocenters. The first-order valence-corrected chi connectivity index (χ1v) is 5.11. The highest BCUT2D eigenvalue weighted by atomic mass is 35.5. The van der Waals surface area contributed by atoms with E-state index in [1.807, 2.05) is 0 Å². The molecule has 1 N–H and O–H groups in total. The molecule has 17 heavy (non-hydrogen) atoms. The van der Waals surface area contributed by atoms with Crippen molar-refractivity contribution in [3.63, 3.8) is 0 Å². The summed E-state index contributed by atoms with van der Waals surface area (Å²) in [5.41, 5.74) is 0.761. The average Bonchev–Trinajstić information content (AvgIpc) is 2.29. The molecule has 2 aromatic rings. The molecule has 0 aliphatic heterocycles. The number of carboxylic acids is 1. The standard InChI is InChI=1S/C12H7ClFNO2/c13-10-6-5-9(12(16)17)11(15-10)7-1-3-8(14)4-2-7/h1-6H,(H,16,17). The van der Waals surface area contributed by atoms with Crippen molar-refractivity contribution in [2.75, 3.05) is 0 Å². The molecule has 3 nitrogen and oxygen atoms in total. The highest BCUT2D eigenvalue weighted by Crippen LogP contribution is 2.23. The first-order valence-electron chi connectivity index (χ1n) is 4.73. The lowest BCUT2D eigenvalue weighted by molar-refractivity contribution is 0.0697. The minimum atomic E-state index is -1.10. The summed E-state index contributed by atoms with van der Waals surface area (Å²) in [6, 6.07) is 8.17. The van der Waals surface area contributed by atoms with Crippen LogP contribution in [0.4, 0.5) is 4.39 Å². The van der Waals surface area contributed by atoms with Crippen LogP contribution >= 0.6 is 11.6 Å². The lowest BCUT2D eigenvalue weighted by atomic mass is 10.1. The number of carboxylic acid groups (broad SMARTS) is 1. The third kappa shape index (κ3) is 2.42. The Labute approximate surface area is 101 Å². The Hall–Kier alpha value is -1.94. The largest absolute Gasteiger partial charge is 0.478 e. The Morgan fingerprint density at radius 1 is 1.18 bits per heavy atom. The summed E-state index contributed by atoms with van der Waals surface area (Å²) in [6.07, 6.45) is 0. The maximum absolute atomic E-state index is 12.8. The highest BCUT2D eigenvalue weighted by molar-refractivity contribution is 6.29. The summed E-state index contributed by atoms with van der Waals surface area (Å²) >= 11 is 5.72. The lowest BCUT2D eigenvalue weighted by Gasteiger charge is -2.05. The predicted molar refractivity (Wildman–Crippen MR) is 61.6 cm³/mol. The minimum Gasteiger partial charge on any atom is -0.478 e. The molecule has 0 aliphatic rings. The number of nitrogens with zero attached hydrogens (tertiary/aromatic N) is 1. The van der Waals surface area contributed by atoms with Crippen molar-refractivity contribution in [2.45, 2.75) is 0 Å². The molecule has 0 atom stereocenters. The van der Waals surface area contributed by atoms with Gasteiger partial charge in [0.1, 0.15) is 11.0 Å². The zero-order chi connectivity index (χ0) is 12.4. The van der Waals surface area contributed by atoms with Crippen molar-refractivity contribution < 1.29 is 14.3 Å². The molecule has 0 saturated carbocycles. The Kier molecular flexibility index (Phi) is 3.06. The summed E-state index contributed by atoms with van der Waals surface area (Å²) in [5.74, 6) is -1.50. The maximum atomic E-state index is 12.8. The van der Waals surface area contributed by atoms with Crippen LogP contribution in [-0.4, -0.2) is 16.1 Å². The van der Waals surface area contributed by atoms with E-state index >= 15 is 0 Å². The summed E-state index contributed by atoms with van der Waals surface area (Å²) < 4.78 is 12.8. The molecule has 0 amide bonds. The fraction of sp³-hybridized carbons (Fsp3) is 0. The molecule has 0 saturated heterocycles. The van der Waals surface area contributed by atoms with Crippen molar-refractivity contribution in [1.82, 2.24) is 4.98 Å². The van der Waals surface area contributed by atoms with E-state index in [2.05, 4.69) is 4.98 Å². The van der Waals surface area contributed by atoms with Gasteiger partial charge in [0.25, 0.3) is 0 Å². The molecule has 0 bridgehead atoms. The van der Waals surface area contributed by atoms with Crippen LogP contribution in [-0.2, 0) is 0 Å². The van der Waals surface area contributed by atoms with E-state index < -0.39 is 11.8 Å². The Bertz CT molecular complexity index is 569. The molecular formula is C12H7ClFNO2. The van der Waals surface area contributed by atoms with Gasteiger partial charge in [0.05, 0.1) is 11.3 Å². The third-order valence-electron chi connectivity index (χ3n) is 2.21. The highest BCUT2D eigenvalue weighted by Gasteiger charge is 2.13. The Morgan fingerprint density at radius 2 is 1.82 bits per heavy atom. The predicted octanol–water partition coefficient (Wildman–Crippen LogP) is 3.24. The number of hydrogen-bond acceptors (Lipinski definition) is 2. The average molecular weight is 252 g/mol. The second-order valence-corrected chi connectivity index (χ2v) is 3.73. The number of aromatic nitrogens is 1. The van der Waals surface area contributed by atoms with Crippen molar-refractivity contribution in [1.29, 1.82) is 0 Å². The van der Waals surface area contributed by atoms with Gasteiger partial charge in [-0.3, -0.25) is 0 Å². The molecule has 0 radical (unpaired) electrons. The van der Waals surface area contributed by atoms with Crippen LogP contribution in [0.1, 0.15) is 10.4 Å². The topological polar surface area (TPSA) is 50.2 Å². The fourth-order valence-electron chi connectivity index (χ4n) is 1.44. The summed E-state index contributed by atoms with van der Waals surface area (Å²) in [5, 5.41) is 9.20. The van der Waals surface area contributed by atoms with Crippen molar-refractivity contribution in [2.24, 2.45) is 0 Å². The van der Waals surface area contributed by atoms with Gasteiger partial charge in [-0.05, 0) is 36.4 Å². The van der Waals surface area contributed by atoms with Crippen LogP contribution in [0, 0.1) is 5.82 Å². The van der Waals surface area contributed by atoms with Gasteiger partial charge in [-0.2, -0.15) is 0 Å². The zero-order valence-electron chi connectivity index (χ0n) is 8.52. The van der Waals surface area contributed by atoms with Crippen molar-refractivity contribution in [3.8, 4) is 11.3 Å². The summed E-state index contributed by atoms with van der Waals surface area (Å²) in [7, 11) is 0. The van der Waals surface area contributed by atoms with E-state index in [1.165, 1.54) is 36.4 Å². The van der Waals surface area contributed by atoms with Gasteiger partial charge in [-0.25, -0.2) is 14.2 Å². The van der Waals surface area contributed by atoms with E-state index in [-0.39, 0.29) is 16.4 Å². The number of pyridine rings is 1. The number of halogens is 2. The Morgan fingerprint density at radius 3 is 2.41 bits per heavy atom. The van der Waals surface area contributed by atoms with E-state index in [4.69, 9.17) is 16.7 Å². The summed E-state index contributed by atoms with van der Waals surface area (Å²) in [6.45, 7) is 0. The van der Waals surface area contributed by atoms with Crippen molar-refractivity contribution >= 4 is 17.6 Å². The maximum Gasteiger partial charge on any atom is 0.337 e. The number of aromatic carboxylic acids is 1. The van der Waals surface area contributed by atoms with Crippen LogP contribution in [0.2, 0.25) is 5.15 Å². The molecule has 1 heterocycles. The van der Waals surface area contributed by atoms with Gasteiger partial charge in [-0.15, -0.1) is 0 Å². The molecule has 0 spiro atoms. The second kappa shape index (κ2) is 4.51. The van der Waals surface area contributed by atoms with Gasteiger partial charge in [0, 0.05) is 5.56 Å². The van der Waals surface area contributed by atoms with Crippen LogP contribution in [0.15, 0.2) is 36.4 Å². The van der Waals surface area contributed by atoms with Crippen LogP contribution in [0.3, 0.4) is 0 Å². The molecular weight excluding hydrogens is 245 g/mol. The van der Waals surface area contributed by atoms with E-state index in [0.29, 0.717) is 5.56 Å². The molecule has 1 aromatic carbocycles. The SMILES string of the molecule is O=C(O)c1ccc(Cl)nc1-c1ccc(F)cc1. The fourth-order valence-corrected chi connectivity index (χ4v) is 1.58. The Balaban J connectivity index is 2.60. The molecule has 2 rings (SSSR count). The van der Waals surface area contributed by atoms with Gasteiger partial charge in [0.2, 0.25) is 0 Å². The van der Waals surface area contributed by atoms with Crippen molar-refractivity contribution in [3.05, 3.63) is 52.9 Å². The molecule has 0 aliphatic carbocycles. The monoisotopic (exact) mass is 251 g/mol. The molecule has 86 valence electrons. The number of carbonyl (C=O) groups is 1. The normalized spacial score (nSPS) is 10.2. The molecule has 0 fully saturated rings.